The van der Waals surface area contributed by atoms with Gasteiger partial charge in [0, 0.05) is 24.1 Å². The third-order valence-corrected chi connectivity index (χ3v) is 3.96. The number of aliphatic carboxylic acids is 1. The van der Waals surface area contributed by atoms with Gasteiger partial charge in [0.25, 0.3) is 0 Å². The Bertz CT molecular complexity index is 742. The minimum atomic E-state index is -1.26. The number of imidazole rings is 1. The molecule has 0 aliphatic rings. The minimum absolute atomic E-state index is 0.00831. The molecular weight excluding hydrogens is 406 g/mol. The van der Waals surface area contributed by atoms with Gasteiger partial charge in [-0.1, -0.05) is 0 Å². The number of carboxylic acid groups (broad SMARTS) is 1. The summed E-state index contributed by atoms with van der Waals surface area (Å²) in [5.74, 6) is -4.46. The number of nitrogens with two attached hydrogens (primary N) is 2. The molecule has 14 heteroatoms. The smallest absolute Gasteiger partial charge is 0.322 e. The number of nitrogens with zero attached hydrogens (tertiary/aromatic N) is 1. The molecular formula is C15H23N7O6S. The van der Waals surface area contributed by atoms with E-state index in [2.05, 4.69) is 38.5 Å². The van der Waals surface area contributed by atoms with Crippen molar-refractivity contribution in [3.05, 3.63) is 18.2 Å². The molecule has 3 unspecified atom stereocenters. The van der Waals surface area contributed by atoms with E-state index in [-0.39, 0.29) is 12.2 Å². The van der Waals surface area contributed by atoms with E-state index >= 15 is 0 Å². The molecule has 29 heavy (non-hydrogen) atoms. The zero-order valence-electron chi connectivity index (χ0n) is 15.3. The van der Waals surface area contributed by atoms with Crippen molar-refractivity contribution in [3.63, 3.8) is 0 Å². The van der Waals surface area contributed by atoms with Crippen molar-refractivity contribution in [2.75, 3.05) is 12.3 Å². The highest BCUT2D eigenvalue weighted by Gasteiger charge is 2.28. The van der Waals surface area contributed by atoms with Gasteiger partial charge in [-0.25, -0.2) is 4.98 Å². The molecule has 0 saturated carbocycles. The number of primary amides is 1. The van der Waals surface area contributed by atoms with Gasteiger partial charge in [0.2, 0.25) is 23.6 Å². The zero-order valence-corrected chi connectivity index (χ0v) is 16.1. The van der Waals surface area contributed by atoms with Crippen LogP contribution in [0.2, 0.25) is 0 Å². The van der Waals surface area contributed by atoms with Crippen LogP contribution in [0.15, 0.2) is 12.5 Å². The molecule has 3 atom stereocenters. The molecule has 1 aromatic heterocycles. The minimum Gasteiger partial charge on any atom is -0.480 e. The van der Waals surface area contributed by atoms with Crippen molar-refractivity contribution in [2.24, 2.45) is 11.5 Å². The van der Waals surface area contributed by atoms with Gasteiger partial charge in [-0.05, 0) is 0 Å². The SMILES string of the molecule is NC(=O)CC(N)C(=O)NC(CS)C(=O)NC(Cc1cnc[nH]1)C(=O)NCC(=O)O. The van der Waals surface area contributed by atoms with E-state index in [1.807, 2.05) is 0 Å². The molecule has 0 radical (unpaired) electrons. The summed E-state index contributed by atoms with van der Waals surface area (Å²) in [5, 5.41) is 15.6. The highest BCUT2D eigenvalue weighted by Crippen LogP contribution is 2.01. The maximum Gasteiger partial charge on any atom is 0.322 e. The zero-order chi connectivity index (χ0) is 22.0. The number of H-pyrrole nitrogens is 1. The highest BCUT2D eigenvalue weighted by molar-refractivity contribution is 7.80. The molecule has 13 nitrogen and oxygen atoms in total. The van der Waals surface area contributed by atoms with Crippen LogP contribution >= 0.6 is 12.6 Å². The summed E-state index contributed by atoms with van der Waals surface area (Å²) in [5.41, 5.74) is 11.0. The van der Waals surface area contributed by atoms with Crippen LogP contribution in [0.4, 0.5) is 0 Å². The second-order valence-electron chi connectivity index (χ2n) is 5.97. The Morgan fingerprint density at radius 3 is 2.31 bits per heavy atom. The van der Waals surface area contributed by atoms with E-state index in [1.165, 1.54) is 12.5 Å². The molecule has 0 fully saturated rings. The molecule has 0 saturated heterocycles. The number of thiol groups is 1. The van der Waals surface area contributed by atoms with Crippen molar-refractivity contribution in [2.45, 2.75) is 31.0 Å². The van der Waals surface area contributed by atoms with Gasteiger partial charge in [-0.15, -0.1) is 0 Å². The van der Waals surface area contributed by atoms with Crippen LogP contribution in [-0.2, 0) is 30.4 Å². The fraction of sp³-hybridized carbons (Fsp3) is 0.467. The summed E-state index contributed by atoms with van der Waals surface area (Å²) in [4.78, 5) is 64.9. The van der Waals surface area contributed by atoms with Crippen LogP contribution in [-0.4, -0.2) is 75.1 Å². The van der Waals surface area contributed by atoms with E-state index in [0.717, 1.165) is 0 Å². The number of hydrogen-bond donors (Lipinski definition) is 8. The summed E-state index contributed by atoms with van der Waals surface area (Å²) in [6.07, 6.45) is 2.39. The summed E-state index contributed by atoms with van der Waals surface area (Å²) in [6, 6.07) is -3.57. The lowest BCUT2D eigenvalue weighted by atomic mass is 10.1. The maximum absolute atomic E-state index is 12.5. The number of amides is 4. The lowest BCUT2D eigenvalue weighted by Crippen LogP contribution is -2.57. The first-order valence-corrected chi connectivity index (χ1v) is 8.99. The molecule has 0 aliphatic heterocycles. The average molecular weight is 429 g/mol. The molecule has 0 aromatic carbocycles. The number of rotatable bonds is 12. The first kappa shape index (κ1) is 23.9. The van der Waals surface area contributed by atoms with Crippen LogP contribution in [0.5, 0.6) is 0 Å². The lowest BCUT2D eigenvalue weighted by Gasteiger charge is -2.22. The Hall–Kier alpha value is -3.13. The second kappa shape index (κ2) is 11.7. The number of carbonyl (C=O) groups excluding carboxylic acids is 4. The molecule has 1 rings (SSSR count). The normalized spacial score (nSPS) is 13.6. The first-order valence-electron chi connectivity index (χ1n) is 8.36. The largest absolute Gasteiger partial charge is 0.480 e. The van der Waals surface area contributed by atoms with Gasteiger partial charge in [0.05, 0.1) is 18.8 Å². The molecule has 4 amide bonds. The molecule has 0 bridgehead atoms. The van der Waals surface area contributed by atoms with Crippen molar-refractivity contribution in [1.29, 1.82) is 0 Å². The van der Waals surface area contributed by atoms with Crippen LogP contribution in [0.25, 0.3) is 0 Å². The van der Waals surface area contributed by atoms with E-state index in [1.54, 1.807) is 0 Å². The molecule has 9 N–H and O–H groups in total. The molecule has 1 aromatic rings. The van der Waals surface area contributed by atoms with Crippen LogP contribution in [0, 0.1) is 0 Å². The highest BCUT2D eigenvalue weighted by atomic mass is 32.1. The number of carboxylic acids is 1. The number of nitrogens with one attached hydrogen (secondary N) is 4. The Labute approximate surface area is 170 Å². The third-order valence-electron chi connectivity index (χ3n) is 3.60. The quantitative estimate of drug-likeness (QED) is 0.154. The third kappa shape index (κ3) is 8.61. The second-order valence-corrected chi connectivity index (χ2v) is 6.34. The van der Waals surface area contributed by atoms with Gasteiger partial charge in [0.15, 0.2) is 0 Å². The number of aromatic nitrogens is 2. The van der Waals surface area contributed by atoms with Crippen LogP contribution in [0.1, 0.15) is 12.1 Å². The lowest BCUT2D eigenvalue weighted by molar-refractivity contribution is -0.138. The Morgan fingerprint density at radius 1 is 1.14 bits per heavy atom. The number of hydrogen-bond acceptors (Lipinski definition) is 8. The average Bonchev–Trinajstić information content (AvgIpc) is 3.15. The Kier molecular flexibility index (Phi) is 9.61. The maximum atomic E-state index is 12.5. The summed E-state index contributed by atoms with van der Waals surface area (Å²) < 4.78 is 0. The topological polar surface area (TPSA) is 222 Å². The predicted octanol–water partition coefficient (Wildman–Crippen LogP) is -3.74. The van der Waals surface area contributed by atoms with Crippen LogP contribution in [0.3, 0.4) is 0 Å². The molecule has 1 heterocycles. The van der Waals surface area contributed by atoms with Gasteiger partial charge < -0.3 is 37.5 Å². The van der Waals surface area contributed by atoms with Gasteiger partial charge >= 0.3 is 5.97 Å². The monoisotopic (exact) mass is 429 g/mol. The van der Waals surface area contributed by atoms with E-state index in [0.29, 0.717) is 5.69 Å². The van der Waals surface area contributed by atoms with Gasteiger partial charge in [0.1, 0.15) is 18.6 Å². The van der Waals surface area contributed by atoms with Crippen molar-refractivity contribution in [3.8, 4) is 0 Å². The Balaban J connectivity index is 2.81. The number of aromatic amines is 1. The fourth-order valence-corrected chi connectivity index (χ4v) is 2.42. The molecule has 0 aliphatic carbocycles. The predicted molar refractivity (Wildman–Crippen MR) is 102 cm³/mol. The van der Waals surface area contributed by atoms with Crippen molar-refractivity contribution >= 4 is 42.2 Å². The van der Waals surface area contributed by atoms with Crippen molar-refractivity contribution < 1.29 is 29.1 Å². The van der Waals surface area contributed by atoms with Gasteiger partial charge in [-0.2, -0.15) is 12.6 Å². The molecule has 0 spiro atoms. The summed E-state index contributed by atoms with van der Waals surface area (Å²) >= 11 is 4.00. The standard InChI is InChI=1S/C15H23N7O6S/c16-8(2-11(17)23)13(26)22-10(5-29)15(28)21-9(1-7-3-18-6-20-7)14(27)19-4-12(24)25/h3,6,8-10,29H,1-2,4-5,16H2,(H2,17,23)(H,18,20)(H,19,27)(H,21,28)(H,22,26)(H,24,25). The summed E-state index contributed by atoms with van der Waals surface area (Å²) in [6.45, 7) is -0.636. The van der Waals surface area contributed by atoms with E-state index in [9.17, 15) is 24.0 Å². The Morgan fingerprint density at radius 2 is 1.79 bits per heavy atom. The summed E-state index contributed by atoms with van der Waals surface area (Å²) in [7, 11) is 0. The van der Waals surface area contributed by atoms with Crippen LogP contribution < -0.4 is 27.4 Å². The molecule has 160 valence electrons. The first-order chi connectivity index (χ1) is 13.6. The van der Waals surface area contributed by atoms with E-state index in [4.69, 9.17) is 16.6 Å². The van der Waals surface area contributed by atoms with Crippen molar-refractivity contribution in [1.82, 2.24) is 25.9 Å². The fourth-order valence-electron chi connectivity index (χ4n) is 2.17. The van der Waals surface area contributed by atoms with Gasteiger partial charge in [-0.3, -0.25) is 24.0 Å². The van der Waals surface area contributed by atoms with E-state index < -0.39 is 60.7 Å². The number of carbonyl (C=O) groups is 5.